The summed E-state index contributed by atoms with van der Waals surface area (Å²) in [6, 6.07) is 10.9. The van der Waals surface area contributed by atoms with Crippen molar-refractivity contribution < 1.29 is 14.3 Å². The largest absolute Gasteiger partial charge is 0.475 e. The molecule has 0 radical (unpaired) electrons. The fourth-order valence-corrected chi connectivity index (χ4v) is 2.91. The van der Waals surface area contributed by atoms with Gasteiger partial charge in [-0.05, 0) is 29.8 Å². The van der Waals surface area contributed by atoms with Crippen LogP contribution < -0.4 is 0 Å². The number of hydrogen-bond donors (Lipinski definition) is 1. The quantitative estimate of drug-likeness (QED) is 0.747. The van der Waals surface area contributed by atoms with Crippen molar-refractivity contribution in [3.05, 3.63) is 59.6 Å². The monoisotopic (exact) mass is 298 g/mol. The summed E-state index contributed by atoms with van der Waals surface area (Å²) in [7, 11) is 0. The Kier molecular flexibility index (Phi) is 3.42. The summed E-state index contributed by atoms with van der Waals surface area (Å²) >= 11 is 1.36. The van der Waals surface area contributed by atoms with Crippen molar-refractivity contribution in [3.63, 3.8) is 0 Å². The molecule has 0 bridgehead atoms. The van der Waals surface area contributed by atoms with E-state index in [0.717, 1.165) is 11.1 Å². The van der Waals surface area contributed by atoms with Gasteiger partial charge in [-0.3, -0.25) is 0 Å². The van der Waals surface area contributed by atoms with Crippen molar-refractivity contribution in [3.8, 4) is 6.07 Å². The molecule has 3 aromatic rings. The molecule has 0 fully saturated rings. The molecule has 0 spiro atoms. The average molecular weight is 298 g/mol. The predicted octanol–water partition coefficient (Wildman–Crippen LogP) is 3.39. The molecule has 0 aliphatic rings. The van der Waals surface area contributed by atoms with Gasteiger partial charge >= 0.3 is 5.97 Å². The van der Waals surface area contributed by atoms with Gasteiger partial charge in [-0.2, -0.15) is 5.26 Å². The van der Waals surface area contributed by atoms with Gasteiger partial charge in [0.15, 0.2) is 5.09 Å². The van der Waals surface area contributed by atoms with Gasteiger partial charge in [-0.25, -0.2) is 4.79 Å². The molecule has 3 aromatic heterocycles. The first-order valence-corrected chi connectivity index (χ1v) is 7.12. The first-order valence-electron chi connectivity index (χ1n) is 6.13. The Balaban J connectivity index is 1.84. The molecule has 6 heteroatoms. The molecule has 0 amide bonds. The minimum absolute atomic E-state index is 0.0833. The molecule has 0 unspecified atom stereocenters. The average Bonchev–Trinajstić information content (AvgIpc) is 3.09. The number of furan rings is 1. The van der Waals surface area contributed by atoms with Gasteiger partial charge in [0.25, 0.3) is 0 Å². The van der Waals surface area contributed by atoms with E-state index in [4.69, 9.17) is 9.52 Å². The normalized spacial score (nSPS) is 10.6. The summed E-state index contributed by atoms with van der Waals surface area (Å²) in [6.07, 6.45) is 3.79. The molecule has 0 atom stereocenters. The highest BCUT2D eigenvalue weighted by Gasteiger charge is 2.13. The number of carboxylic acids is 1. The summed E-state index contributed by atoms with van der Waals surface area (Å²) < 4.78 is 7.09. The second-order valence-corrected chi connectivity index (χ2v) is 5.33. The highest BCUT2D eigenvalue weighted by molar-refractivity contribution is 7.98. The molecule has 0 aromatic carbocycles. The van der Waals surface area contributed by atoms with Gasteiger partial charge in [0, 0.05) is 18.1 Å². The summed E-state index contributed by atoms with van der Waals surface area (Å²) in [4.78, 5) is 10.8. The standard InChI is InChI=1S/C15H10N2O3S/c16-7-11-10(8-17-6-2-1-3-12(11)17)9-21-14-5-4-13(20-14)15(18)19/h1-6,8H,9H2,(H,18,19). The fraction of sp³-hybridized carbons (Fsp3) is 0.0667. The molecule has 3 rings (SSSR count). The molecule has 0 saturated carbocycles. The summed E-state index contributed by atoms with van der Waals surface area (Å²) in [5.41, 5.74) is 2.39. The zero-order valence-corrected chi connectivity index (χ0v) is 11.6. The van der Waals surface area contributed by atoms with E-state index in [2.05, 4.69) is 6.07 Å². The molecule has 1 N–H and O–H groups in total. The van der Waals surface area contributed by atoms with Crippen molar-refractivity contribution in [2.75, 3.05) is 0 Å². The number of fused-ring (bicyclic) bond motifs is 1. The Hall–Kier alpha value is -2.65. The van der Waals surface area contributed by atoms with Gasteiger partial charge in [0.1, 0.15) is 6.07 Å². The second-order valence-electron chi connectivity index (χ2n) is 4.35. The van der Waals surface area contributed by atoms with E-state index in [0.29, 0.717) is 16.4 Å². The van der Waals surface area contributed by atoms with Crippen molar-refractivity contribution in [2.45, 2.75) is 10.8 Å². The molecule has 0 saturated heterocycles. The van der Waals surface area contributed by atoms with Crippen LogP contribution in [-0.2, 0) is 5.75 Å². The Morgan fingerprint density at radius 2 is 2.24 bits per heavy atom. The van der Waals surface area contributed by atoms with Crippen LogP contribution in [0.1, 0.15) is 21.7 Å². The van der Waals surface area contributed by atoms with Crippen molar-refractivity contribution in [2.24, 2.45) is 0 Å². The van der Waals surface area contributed by atoms with E-state index in [9.17, 15) is 10.1 Å². The van der Waals surface area contributed by atoms with E-state index in [1.165, 1.54) is 17.8 Å². The van der Waals surface area contributed by atoms with Gasteiger partial charge in [-0.1, -0.05) is 17.8 Å². The number of hydrogen-bond acceptors (Lipinski definition) is 4. The lowest BCUT2D eigenvalue weighted by molar-refractivity contribution is 0.0656. The van der Waals surface area contributed by atoms with E-state index in [1.807, 2.05) is 35.0 Å². The molecule has 0 aliphatic carbocycles. The van der Waals surface area contributed by atoms with Crippen LogP contribution >= 0.6 is 11.8 Å². The molecule has 0 aliphatic heterocycles. The number of carbonyl (C=O) groups is 1. The Morgan fingerprint density at radius 3 is 2.95 bits per heavy atom. The fourth-order valence-electron chi connectivity index (χ4n) is 2.08. The minimum Gasteiger partial charge on any atom is -0.475 e. The zero-order chi connectivity index (χ0) is 14.8. The van der Waals surface area contributed by atoms with Crippen molar-refractivity contribution in [1.82, 2.24) is 4.40 Å². The molecular formula is C15H10N2O3S. The number of nitrogens with zero attached hydrogens (tertiary/aromatic N) is 2. The molecule has 3 heterocycles. The van der Waals surface area contributed by atoms with E-state index in [1.54, 1.807) is 6.07 Å². The molecule has 21 heavy (non-hydrogen) atoms. The Morgan fingerprint density at radius 1 is 1.38 bits per heavy atom. The van der Waals surface area contributed by atoms with E-state index >= 15 is 0 Å². The van der Waals surface area contributed by atoms with E-state index < -0.39 is 5.97 Å². The van der Waals surface area contributed by atoms with Crippen LogP contribution in [0.4, 0.5) is 0 Å². The first kappa shape index (κ1) is 13.3. The maximum absolute atomic E-state index is 10.8. The number of pyridine rings is 1. The maximum Gasteiger partial charge on any atom is 0.371 e. The third-order valence-corrected chi connectivity index (χ3v) is 4.00. The SMILES string of the molecule is N#Cc1c(CSc2ccc(C(=O)O)o2)cn2ccccc12. The van der Waals surface area contributed by atoms with Crippen molar-refractivity contribution >= 4 is 23.2 Å². The third-order valence-electron chi connectivity index (χ3n) is 3.04. The van der Waals surface area contributed by atoms with Crippen LogP contribution in [0.5, 0.6) is 0 Å². The lowest BCUT2D eigenvalue weighted by Gasteiger charge is -1.96. The van der Waals surface area contributed by atoms with Crippen LogP contribution in [0.2, 0.25) is 0 Å². The lowest BCUT2D eigenvalue weighted by Crippen LogP contribution is -1.91. The maximum atomic E-state index is 10.8. The van der Waals surface area contributed by atoms with Gasteiger partial charge in [0.05, 0.1) is 11.1 Å². The summed E-state index contributed by atoms with van der Waals surface area (Å²) in [6.45, 7) is 0. The molecular weight excluding hydrogens is 288 g/mol. The number of carboxylic acid groups (broad SMARTS) is 1. The Bertz CT molecular complexity index is 857. The number of nitriles is 1. The predicted molar refractivity (Wildman–Crippen MR) is 77.3 cm³/mol. The Labute approximate surface area is 124 Å². The van der Waals surface area contributed by atoms with Crippen LogP contribution in [-0.4, -0.2) is 15.5 Å². The number of aromatic nitrogens is 1. The number of aromatic carboxylic acids is 1. The van der Waals surface area contributed by atoms with Crippen LogP contribution in [0.3, 0.4) is 0 Å². The molecule has 5 nitrogen and oxygen atoms in total. The lowest BCUT2D eigenvalue weighted by atomic mass is 10.2. The first-order chi connectivity index (χ1) is 10.2. The summed E-state index contributed by atoms with van der Waals surface area (Å²) in [5.74, 6) is -0.633. The van der Waals surface area contributed by atoms with Crippen LogP contribution in [0, 0.1) is 11.3 Å². The third kappa shape index (κ3) is 2.51. The molecule has 104 valence electrons. The highest BCUT2D eigenvalue weighted by Crippen LogP contribution is 2.28. The summed E-state index contributed by atoms with van der Waals surface area (Å²) in [5, 5.41) is 18.6. The second kappa shape index (κ2) is 5.38. The number of rotatable bonds is 4. The van der Waals surface area contributed by atoms with Gasteiger partial charge < -0.3 is 13.9 Å². The van der Waals surface area contributed by atoms with Gasteiger partial charge in [-0.15, -0.1) is 0 Å². The van der Waals surface area contributed by atoms with Crippen molar-refractivity contribution in [1.29, 1.82) is 5.26 Å². The van der Waals surface area contributed by atoms with E-state index in [-0.39, 0.29) is 5.76 Å². The van der Waals surface area contributed by atoms with Crippen LogP contribution in [0.25, 0.3) is 5.52 Å². The topological polar surface area (TPSA) is 78.6 Å². The van der Waals surface area contributed by atoms with Crippen LogP contribution in [0.15, 0.2) is 52.2 Å². The van der Waals surface area contributed by atoms with Gasteiger partial charge in [0.2, 0.25) is 5.76 Å². The smallest absolute Gasteiger partial charge is 0.371 e. The zero-order valence-electron chi connectivity index (χ0n) is 10.8. The minimum atomic E-state index is -1.09. The number of thioether (sulfide) groups is 1. The highest BCUT2D eigenvalue weighted by atomic mass is 32.2.